The second-order valence-electron chi connectivity index (χ2n) is 6.23. The van der Waals surface area contributed by atoms with Crippen LogP contribution in [0, 0.1) is 0 Å². The van der Waals surface area contributed by atoms with Crippen molar-refractivity contribution >= 4 is 17.8 Å². The first-order chi connectivity index (χ1) is 12.8. The van der Waals surface area contributed by atoms with Crippen molar-refractivity contribution in [1.29, 1.82) is 0 Å². The Bertz CT molecular complexity index is 932. The largest absolute Gasteiger partial charge is 0.434 e. The minimum absolute atomic E-state index is 0.0878. The van der Waals surface area contributed by atoms with Crippen LogP contribution in [0.2, 0.25) is 0 Å². The molecule has 0 aliphatic carbocycles. The Morgan fingerprint density at radius 2 is 1.78 bits per heavy atom. The van der Waals surface area contributed by atoms with Gasteiger partial charge in [0.2, 0.25) is 0 Å². The Balaban J connectivity index is 1.58. The van der Waals surface area contributed by atoms with Crippen LogP contribution in [0.1, 0.15) is 51.0 Å². The van der Waals surface area contributed by atoms with Crippen molar-refractivity contribution in [1.82, 2.24) is 14.6 Å². The molecule has 3 heterocycles. The first kappa shape index (κ1) is 17.3. The normalized spacial score (nSPS) is 19.1. The predicted molar refractivity (Wildman–Crippen MR) is 82.2 cm³/mol. The lowest BCUT2D eigenvalue weighted by Crippen LogP contribution is -2.36. The molecule has 1 unspecified atom stereocenters. The van der Waals surface area contributed by atoms with Crippen LogP contribution in [-0.4, -0.2) is 32.4 Å². The van der Waals surface area contributed by atoms with Crippen LogP contribution >= 0.6 is 0 Å². The molecule has 0 N–H and O–H groups in total. The molecule has 27 heavy (non-hydrogen) atoms. The standard InChI is InChI=1S/C17H12F3N3O4/c18-17(19,20)12-8-22-7-3-6-11(13(22)21-12)16(26)27-23-14(24)9-4-1-2-5-10(9)15(23)25/h1-2,4-5,8,11H,3,6-7H2. The number of rotatable bonds is 2. The van der Waals surface area contributed by atoms with Crippen molar-refractivity contribution in [2.45, 2.75) is 31.5 Å². The predicted octanol–water partition coefficient (Wildman–Crippen LogP) is 2.53. The Morgan fingerprint density at radius 1 is 1.15 bits per heavy atom. The van der Waals surface area contributed by atoms with Crippen LogP contribution in [-0.2, 0) is 22.4 Å². The number of aryl methyl sites for hydroxylation is 1. The molecular weight excluding hydrogens is 367 g/mol. The van der Waals surface area contributed by atoms with E-state index in [9.17, 15) is 27.6 Å². The summed E-state index contributed by atoms with van der Waals surface area (Å²) < 4.78 is 39.9. The van der Waals surface area contributed by atoms with Gasteiger partial charge in [-0.15, -0.1) is 0 Å². The van der Waals surface area contributed by atoms with Gasteiger partial charge in [0.25, 0.3) is 11.8 Å². The highest BCUT2D eigenvalue weighted by atomic mass is 19.4. The van der Waals surface area contributed by atoms with Crippen LogP contribution in [0.15, 0.2) is 30.5 Å². The zero-order valence-electron chi connectivity index (χ0n) is 13.7. The summed E-state index contributed by atoms with van der Waals surface area (Å²) in [6, 6.07) is 5.97. The number of halogens is 3. The maximum atomic E-state index is 12.9. The topological polar surface area (TPSA) is 81.5 Å². The van der Waals surface area contributed by atoms with Crippen LogP contribution in [0.3, 0.4) is 0 Å². The molecule has 1 atom stereocenters. The summed E-state index contributed by atoms with van der Waals surface area (Å²) in [5.41, 5.74) is -0.905. The lowest BCUT2D eigenvalue weighted by atomic mass is 9.99. The highest BCUT2D eigenvalue weighted by molar-refractivity contribution is 6.20. The number of imide groups is 1. The van der Waals surface area contributed by atoms with Crippen LogP contribution < -0.4 is 0 Å². The van der Waals surface area contributed by atoms with E-state index in [1.165, 1.54) is 16.7 Å². The van der Waals surface area contributed by atoms with Crippen molar-refractivity contribution in [3.05, 3.63) is 53.1 Å². The van der Waals surface area contributed by atoms with Gasteiger partial charge < -0.3 is 9.40 Å². The van der Waals surface area contributed by atoms with Crippen LogP contribution in [0.4, 0.5) is 13.2 Å². The molecule has 0 fully saturated rings. The van der Waals surface area contributed by atoms with Crippen LogP contribution in [0.5, 0.6) is 0 Å². The second-order valence-corrected chi connectivity index (χ2v) is 6.23. The zero-order chi connectivity index (χ0) is 19.3. The number of amides is 2. The van der Waals surface area contributed by atoms with E-state index < -0.39 is 35.6 Å². The SMILES string of the molecule is O=C(ON1C(=O)c2ccccc2C1=O)C1CCCn2cc(C(F)(F)F)nc21. The summed E-state index contributed by atoms with van der Waals surface area (Å²) in [6.07, 6.45) is -3.16. The first-order valence-corrected chi connectivity index (χ1v) is 8.11. The van der Waals surface area contributed by atoms with Crippen molar-refractivity contribution in [2.24, 2.45) is 0 Å². The van der Waals surface area contributed by atoms with Gasteiger partial charge in [-0.05, 0) is 25.0 Å². The van der Waals surface area contributed by atoms with Gasteiger partial charge in [0.05, 0.1) is 11.1 Å². The third-order valence-electron chi connectivity index (χ3n) is 4.52. The number of nitrogens with zero attached hydrogens (tertiary/aromatic N) is 3. The number of aromatic nitrogens is 2. The highest BCUT2D eigenvalue weighted by Crippen LogP contribution is 2.34. The van der Waals surface area contributed by atoms with Gasteiger partial charge in [-0.25, -0.2) is 9.78 Å². The lowest BCUT2D eigenvalue weighted by molar-refractivity contribution is -0.171. The molecule has 2 amide bonds. The van der Waals surface area contributed by atoms with Gasteiger partial charge >= 0.3 is 12.1 Å². The Hall–Kier alpha value is -3.17. The number of hydrogen-bond acceptors (Lipinski definition) is 5. The molecule has 7 nitrogen and oxygen atoms in total. The first-order valence-electron chi connectivity index (χ1n) is 8.11. The number of carbonyl (C=O) groups excluding carboxylic acids is 3. The fraction of sp³-hybridized carbons (Fsp3) is 0.294. The summed E-state index contributed by atoms with van der Waals surface area (Å²) in [7, 11) is 0. The van der Waals surface area contributed by atoms with Gasteiger partial charge in [0.1, 0.15) is 11.7 Å². The molecule has 0 bridgehead atoms. The van der Waals surface area contributed by atoms with Gasteiger partial charge in [0, 0.05) is 12.7 Å². The lowest BCUT2D eigenvalue weighted by Gasteiger charge is -2.23. The van der Waals surface area contributed by atoms with Gasteiger partial charge in [-0.1, -0.05) is 17.2 Å². The molecule has 2 aromatic rings. The van der Waals surface area contributed by atoms with Crippen molar-refractivity contribution in [2.75, 3.05) is 0 Å². The molecule has 140 valence electrons. The number of fused-ring (bicyclic) bond motifs is 2. The van der Waals surface area contributed by atoms with E-state index in [1.54, 1.807) is 12.1 Å². The zero-order valence-corrected chi connectivity index (χ0v) is 13.7. The minimum Gasteiger partial charge on any atom is -0.334 e. The minimum atomic E-state index is -4.64. The van der Waals surface area contributed by atoms with Crippen LogP contribution in [0.25, 0.3) is 0 Å². The monoisotopic (exact) mass is 379 g/mol. The number of hydroxylamine groups is 2. The molecule has 4 rings (SSSR count). The summed E-state index contributed by atoms with van der Waals surface area (Å²) in [4.78, 5) is 45.5. The van der Waals surface area contributed by atoms with E-state index in [1.807, 2.05) is 0 Å². The number of hydrogen-bond donors (Lipinski definition) is 0. The fourth-order valence-corrected chi connectivity index (χ4v) is 3.25. The molecule has 0 radical (unpaired) electrons. The molecule has 1 aromatic carbocycles. The molecule has 0 saturated carbocycles. The second kappa shape index (κ2) is 5.93. The number of benzene rings is 1. The third kappa shape index (κ3) is 2.77. The van der Waals surface area contributed by atoms with E-state index in [4.69, 9.17) is 4.84 Å². The third-order valence-corrected chi connectivity index (χ3v) is 4.52. The Morgan fingerprint density at radius 3 is 2.37 bits per heavy atom. The number of imidazole rings is 1. The van der Waals surface area contributed by atoms with E-state index in [2.05, 4.69) is 4.98 Å². The van der Waals surface area contributed by atoms with Gasteiger partial charge in [-0.3, -0.25) is 9.59 Å². The quantitative estimate of drug-likeness (QED) is 0.749. The van der Waals surface area contributed by atoms with Gasteiger partial charge in [-0.2, -0.15) is 13.2 Å². The highest BCUT2D eigenvalue weighted by Gasteiger charge is 2.42. The van der Waals surface area contributed by atoms with Crippen molar-refractivity contribution < 1.29 is 32.4 Å². The molecule has 0 spiro atoms. The number of alkyl halides is 3. The number of carbonyl (C=O) groups is 3. The van der Waals surface area contributed by atoms with E-state index in [0.29, 0.717) is 11.5 Å². The summed E-state index contributed by atoms with van der Waals surface area (Å²) in [5.74, 6) is -3.77. The van der Waals surface area contributed by atoms with Crippen molar-refractivity contribution in [3.63, 3.8) is 0 Å². The molecule has 0 saturated heterocycles. The Labute approximate surface area is 150 Å². The fourth-order valence-electron chi connectivity index (χ4n) is 3.25. The average Bonchev–Trinajstić information content (AvgIpc) is 3.17. The van der Waals surface area contributed by atoms with E-state index in [0.717, 1.165) is 6.20 Å². The Kier molecular flexibility index (Phi) is 3.79. The summed E-state index contributed by atoms with van der Waals surface area (Å²) >= 11 is 0. The molecule has 2 aliphatic rings. The van der Waals surface area contributed by atoms with E-state index >= 15 is 0 Å². The maximum absolute atomic E-state index is 12.9. The molecular formula is C17H12F3N3O4. The van der Waals surface area contributed by atoms with Gasteiger partial charge in [0.15, 0.2) is 5.69 Å². The maximum Gasteiger partial charge on any atom is 0.434 e. The smallest absolute Gasteiger partial charge is 0.334 e. The molecule has 10 heteroatoms. The summed E-state index contributed by atoms with van der Waals surface area (Å²) in [6.45, 7) is 0.287. The molecule has 2 aliphatic heterocycles. The van der Waals surface area contributed by atoms with E-state index in [-0.39, 0.29) is 29.9 Å². The molecule has 1 aromatic heterocycles. The average molecular weight is 379 g/mol. The summed E-state index contributed by atoms with van der Waals surface area (Å²) in [5, 5.41) is 0.347. The van der Waals surface area contributed by atoms with Crippen molar-refractivity contribution in [3.8, 4) is 0 Å².